The molecule has 112 valence electrons. The van der Waals surface area contributed by atoms with Gasteiger partial charge in [-0.25, -0.2) is 4.39 Å². The highest BCUT2D eigenvalue weighted by atomic mass is 19.1. The number of rotatable bonds is 4. The van der Waals surface area contributed by atoms with E-state index >= 15 is 0 Å². The van der Waals surface area contributed by atoms with Crippen LogP contribution in [0.1, 0.15) is 43.1 Å². The summed E-state index contributed by atoms with van der Waals surface area (Å²) in [5.74, 6) is -1.15. The molecule has 0 aliphatic carbocycles. The fourth-order valence-electron chi connectivity index (χ4n) is 2.05. The number of halogens is 1. The van der Waals surface area contributed by atoms with Crippen molar-refractivity contribution in [1.82, 2.24) is 5.32 Å². The lowest BCUT2D eigenvalue weighted by molar-refractivity contribution is 0.0865. The van der Waals surface area contributed by atoms with E-state index in [-0.39, 0.29) is 17.5 Å². The molecule has 0 aliphatic heterocycles. The summed E-state index contributed by atoms with van der Waals surface area (Å²) in [6, 6.07) is 2.77. The number of aryl methyl sites for hydroxylation is 1. The Balaban J connectivity index is 2.69. The van der Waals surface area contributed by atoms with Crippen LogP contribution in [0, 0.1) is 18.2 Å². The molecule has 5 heteroatoms. The lowest BCUT2D eigenvalue weighted by Crippen LogP contribution is -2.34. The second-order valence-corrected chi connectivity index (χ2v) is 6.33. The third-order valence-electron chi connectivity index (χ3n) is 2.87. The van der Waals surface area contributed by atoms with E-state index in [0.29, 0.717) is 17.7 Å². The molecule has 0 saturated heterocycles. The molecule has 1 aromatic rings. The molecule has 1 aromatic carbocycles. The number of aliphatic hydroxyl groups excluding tert-OH is 1. The highest BCUT2D eigenvalue weighted by Crippen LogP contribution is 2.21. The van der Waals surface area contributed by atoms with E-state index in [0.717, 1.165) is 0 Å². The SMILES string of the molecule is Cc1cc(N)cc(C(=O)NCC(O)CC(C)(C)C)c1F. The lowest BCUT2D eigenvalue weighted by Gasteiger charge is -2.22. The van der Waals surface area contributed by atoms with Gasteiger partial charge in [0.15, 0.2) is 0 Å². The predicted octanol–water partition coefficient (Wildman–Crippen LogP) is 2.24. The largest absolute Gasteiger partial charge is 0.399 e. The normalized spacial score (nSPS) is 13.1. The van der Waals surface area contributed by atoms with Gasteiger partial charge in [-0.15, -0.1) is 0 Å². The minimum Gasteiger partial charge on any atom is -0.399 e. The molecular formula is C15H23FN2O2. The monoisotopic (exact) mass is 282 g/mol. The fourth-order valence-corrected chi connectivity index (χ4v) is 2.05. The van der Waals surface area contributed by atoms with E-state index in [1.165, 1.54) is 12.1 Å². The molecule has 4 N–H and O–H groups in total. The summed E-state index contributed by atoms with van der Waals surface area (Å²) in [7, 11) is 0. The van der Waals surface area contributed by atoms with Gasteiger partial charge in [-0.3, -0.25) is 4.79 Å². The molecule has 0 bridgehead atoms. The summed E-state index contributed by atoms with van der Waals surface area (Å²) >= 11 is 0. The summed E-state index contributed by atoms with van der Waals surface area (Å²) in [5, 5.41) is 12.4. The lowest BCUT2D eigenvalue weighted by atomic mass is 9.89. The van der Waals surface area contributed by atoms with E-state index in [1.54, 1.807) is 6.92 Å². The minimum absolute atomic E-state index is 0.0385. The first-order chi connectivity index (χ1) is 9.10. The van der Waals surface area contributed by atoms with Crippen molar-refractivity contribution in [3.8, 4) is 0 Å². The average molecular weight is 282 g/mol. The number of hydrogen-bond donors (Lipinski definition) is 3. The van der Waals surface area contributed by atoms with Crippen molar-refractivity contribution >= 4 is 11.6 Å². The van der Waals surface area contributed by atoms with Gasteiger partial charge in [0.05, 0.1) is 11.7 Å². The van der Waals surface area contributed by atoms with Gasteiger partial charge in [0, 0.05) is 12.2 Å². The Morgan fingerprint density at radius 2 is 2.05 bits per heavy atom. The van der Waals surface area contributed by atoms with Crippen LogP contribution >= 0.6 is 0 Å². The molecule has 0 aromatic heterocycles. The van der Waals surface area contributed by atoms with Crippen molar-refractivity contribution in [1.29, 1.82) is 0 Å². The Hall–Kier alpha value is -1.62. The van der Waals surface area contributed by atoms with Crippen molar-refractivity contribution in [3.63, 3.8) is 0 Å². The van der Waals surface area contributed by atoms with E-state index in [1.807, 2.05) is 20.8 Å². The van der Waals surface area contributed by atoms with E-state index in [2.05, 4.69) is 5.32 Å². The highest BCUT2D eigenvalue weighted by Gasteiger charge is 2.19. The number of nitrogen functional groups attached to an aromatic ring is 1. The van der Waals surface area contributed by atoms with Crippen LogP contribution in [0.3, 0.4) is 0 Å². The van der Waals surface area contributed by atoms with Gasteiger partial charge >= 0.3 is 0 Å². The first kappa shape index (κ1) is 16.4. The third kappa shape index (κ3) is 4.81. The van der Waals surface area contributed by atoms with Crippen molar-refractivity contribution in [2.24, 2.45) is 5.41 Å². The van der Waals surface area contributed by atoms with Gasteiger partial charge in [0.1, 0.15) is 5.82 Å². The Labute approximate surface area is 119 Å². The number of hydrogen-bond acceptors (Lipinski definition) is 3. The van der Waals surface area contributed by atoms with Crippen LogP contribution in [-0.2, 0) is 0 Å². The number of carbonyl (C=O) groups excluding carboxylic acids is 1. The van der Waals surface area contributed by atoms with Gasteiger partial charge in [0.25, 0.3) is 5.91 Å². The van der Waals surface area contributed by atoms with Crippen LogP contribution in [0.25, 0.3) is 0 Å². The standard InChI is InChI=1S/C15H23FN2O2/c1-9-5-10(17)6-12(13(9)16)14(20)18-8-11(19)7-15(2,3)4/h5-6,11,19H,7-8,17H2,1-4H3,(H,18,20). The van der Waals surface area contributed by atoms with Crippen LogP contribution in [-0.4, -0.2) is 23.7 Å². The third-order valence-corrected chi connectivity index (χ3v) is 2.87. The molecule has 1 rings (SSSR count). The first-order valence-corrected chi connectivity index (χ1v) is 6.62. The van der Waals surface area contributed by atoms with Gasteiger partial charge in [-0.1, -0.05) is 20.8 Å². The smallest absolute Gasteiger partial charge is 0.254 e. The number of nitrogens with one attached hydrogen (secondary N) is 1. The topological polar surface area (TPSA) is 75.4 Å². The number of anilines is 1. The minimum atomic E-state index is -0.663. The first-order valence-electron chi connectivity index (χ1n) is 6.62. The molecule has 0 fully saturated rings. The molecule has 1 atom stereocenters. The molecule has 4 nitrogen and oxygen atoms in total. The molecule has 0 radical (unpaired) electrons. The summed E-state index contributed by atoms with van der Waals surface area (Å²) in [6.45, 7) is 7.64. The van der Waals surface area contributed by atoms with Gasteiger partial charge in [-0.2, -0.15) is 0 Å². The van der Waals surface area contributed by atoms with Crippen molar-refractivity contribution in [2.75, 3.05) is 12.3 Å². The Kier molecular flexibility index (Phi) is 5.11. The van der Waals surface area contributed by atoms with E-state index < -0.39 is 17.8 Å². The van der Waals surface area contributed by atoms with E-state index in [4.69, 9.17) is 5.73 Å². The maximum Gasteiger partial charge on any atom is 0.254 e. The van der Waals surface area contributed by atoms with Gasteiger partial charge in [-0.05, 0) is 36.5 Å². The Bertz CT molecular complexity index is 495. The Morgan fingerprint density at radius 3 is 2.60 bits per heavy atom. The summed E-state index contributed by atoms with van der Waals surface area (Å²) in [4.78, 5) is 11.9. The van der Waals surface area contributed by atoms with Crippen LogP contribution in [0.4, 0.5) is 10.1 Å². The number of nitrogens with two attached hydrogens (primary N) is 1. The molecule has 0 saturated carbocycles. The second-order valence-electron chi connectivity index (χ2n) is 6.33. The highest BCUT2D eigenvalue weighted by molar-refractivity contribution is 5.95. The second kappa shape index (κ2) is 6.22. The zero-order valence-electron chi connectivity index (χ0n) is 12.5. The van der Waals surface area contributed by atoms with Crippen LogP contribution in [0.5, 0.6) is 0 Å². The number of amides is 1. The van der Waals surface area contributed by atoms with Crippen LogP contribution in [0.2, 0.25) is 0 Å². The molecule has 0 heterocycles. The zero-order chi connectivity index (χ0) is 15.5. The maximum absolute atomic E-state index is 13.8. The van der Waals surface area contributed by atoms with Crippen molar-refractivity contribution < 1.29 is 14.3 Å². The van der Waals surface area contributed by atoms with E-state index in [9.17, 15) is 14.3 Å². The molecular weight excluding hydrogens is 259 g/mol. The van der Waals surface area contributed by atoms with Gasteiger partial charge in [0.2, 0.25) is 0 Å². The molecule has 0 aliphatic rings. The van der Waals surface area contributed by atoms with Crippen LogP contribution < -0.4 is 11.1 Å². The number of carbonyl (C=O) groups is 1. The number of aliphatic hydroxyl groups is 1. The molecule has 20 heavy (non-hydrogen) atoms. The predicted molar refractivity (Wildman–Crippen MR) is 78.0 cm³/mol. The molecule has 1 amide bonds. The van der Waals surface area contributed by atoms with Gasteiger partial charge < -0.3 is 16.2 Å². The maximum atomic E-state index is 13.8. The zero-order valence-corrected chi connectivity index (χ0v) is 12.5. The quantitative estimate of drug-likeness (QED) is 0.741. The van der Waals surface area contributed by atoms with Crippen LogP contribution in [0.15, 0.2) is 12.1 Å². The summed E-state index contributed by atoms with van der Waals surface area (Å²) in [6.07, 6.45) is -0.115. The molecule has 0 spiro atoms. The fraction of sp³-hybridized carbons (Fsp3) is 0.533. The van der Waals surface area contributed by atoms with Crippen molar-refractivity contribution in [2.45, 2.75) is 40.2 Å². The molecule has 1 unspecified atom stereocenters. The summed E-state index contributed by atoms with van der Waals surface area (Å²) < 4.78 is 13.8. The summed E-state index contributed by atoms with van der Waals surface area (Å²) in [5.41, 5.74) is 6.14. The van der Waals surface area contributed by atoms with Crippen molar-refractivity contribution in [3.05, 3.63) is 29.1 Å². The average Bonchev–Trinajstić information content (AvgIpc) is 2.28. The number of benzene rings is 1. The Morgan fingerprint density at radius 1 is 1.45 bits per heavy atom.